The van der Waals surface area contributed by atoms with Crippen LogP contribution in [0.5, 0.6) is 0 Å². The van der Waals surface area contributed by atoms with E-state index in [1.807, 2.05) is 42.5 Å². The highest BCUT2D eigenvalue weighted by molar-refractivity contribution is 5.83. The molecular weight excluding hydrogens is 222 g/mol. The summed E-state index contributed by atoms with van der Waals surface area (Å²) in [6.07, 6.45) is 8.77. The first-order valence-electron chi connectivity index (χ1n) is 5.67. The van der Waals surface area contributed by atoms with Crippen molar-refractivity contribution in [1.29, 1.82) is 0 Å². The average molecular weight is 237 g/mol. The summed E-state index contributed by atoms with van der Waals surface area (Å²) < 4.78 is 0. The van der Waals surface area contributed by atoms with Crippen molar-refractivity contribution in [1.82, 2.24) is 10.2 Å². The van der Waals surface area contributed by atoms with E-state index in [1.54, 1.807) is 12.3 Å². The Balaban J connectivity index is 2.51. The molecule has 90 valence electrons. The Morgan fingerprint density at radius 2 is 2.06 bits per heavy atom. The minimum atomic E-state index is 0.972. The van der Waals surface area contributed by atoms with Crippen molar-refractivity contribution in [2.45, 2.75) is 0 Å². The minimum absolute atomic E-state index is 0.972. The van der Waals surface area contributed by atoms with Gasteiger partial charge in [-0.05, 0) is 17.8 Å². The maximum absolute atomic E-state index is 5.47. The van der Waals surface area contributed by atoms with E-state index >= 15 is 0 Å². The number of hydrogen-bond acceptors (Lipinski definition) is 2. The molecule has 3 N–H and O–H groups in total. The van der Waals surface area contributed by atoms with Gasteiger partial charge in [-0.25, -0.2) is 0 Å². The Hall–Kier alpha value is -2.55. The second-order valence-corrected chi connectivity index (χ2v) is 3.74. The van der Waals surface area contributed by atoms with E-state index in [9.17, 15) is 0 Å². The molecule has 0 radical (unpaired) electrons. The zero-order valence-electron chi connectivity index (χ0n) is 10.0. The molecule has 1 aromatic carbocycles. The summed E-state index contributed by atoms with van der Waals surface area (Å²) in [5.74, 6) is 0. The van der Waals surface area contributed by atoms with Crippen LogP contribution < -0.4 is 5.73 Å². The highest BCUT2D eigenvalue weighted by Gasteiger charge is 2.09. The molecule has 3 heteroatoms. The van der Waals surface area contributed by atoms with Crippen molar-refractivity contribution in [2.75, 3.05) is 0 Å². The molecular formula is C15H15N3. The number of aromatic nitrogens is 2. The van der Waals surface area contributed by atoms with E-state index in [1.165, 1.54) is 6.20 Å². The second kappa shape index (κ2) is 5.68. The molecule has 0 unspecified atom stereocenters. The summed E-state index contributed by atoms with van der Waals surface area (Å²) in [4.78, 5) is 0. The maximum Gasteiger partial charge on any atom is 0.0728 e. The fourth-order valence-corrected chi connectivity index (χ4v) is 1.80. The Labute approximate surface area is 106 Å². The van der Waals surface area contributed by atoms with Crippen molar-refractivity contribution in [3.63, 3.8) is 0 Å². The summed E-state index contributed by atoms with van der Waals surface area (Å²) in [5, 5.41) is 7.13. The summed E-state index contributed by atoms with van der Waals surface area (Å²) >= 11 is 0. The van der Waals surface area contributed by atoms with Gasteiger partial charge >= 0.3 is 0 Å². The number of benzene rings is 1. The molecule has 1 heterocycles. The topological polar surface area (TPSA) is 54.7 Å². The van der Waals surface area contributed by atoms with Gasteiger partial charge in [0.15, 0.2) is 0 Å². The van der Waals surface area contributed by atoms with E-state index in [2.05, 4.69) is 16.8 Å². The fourth-order valence-electron chi connectivity index (χ4n) is 1.80. The molecule has 2 aromatic rings. The zero-order chi connectivity index (χ0) is 12.8. The van der Waals surface area contributed by atoms with Crippen molar-refractivity contribution < 1.29 is 0 Å². The number of rotatable bonds is 4. The number of hydrogen-bond donors (Lipinski definition) is 2. The minimum Gasteiger partial charge on any atom is -0.405 e. The van der Waals surface area contributed by atoms with Gasteiger partial charge in [-0.2, -0.15) is 5.10 Å². The molecule has 0 fully saturated rings. The molecule has 0 aliphatic rings. The standard InChI is InChI=1S/C15H15N3/c1-2-6-12(9-10-16)14-11-17-18-15(14)13-7-4-3-5-8-13/h2-11H,1,16H2,(H,17,18)/b10-9-,12-6+. The molecule has 0 spiro atoms. The Kier molecular flexibility index (Phi) is 3.76. The Morgan fingerprint density at radius 3 is 2.72 bits per heavy atom. The van der Waals surface area contributed by atoms with Crippen LogP contribution in [-0.2, 0) is 0 Å². The van der Waals surface area contributed by atoms with Crippen LogP contribution in [-0.4, -0.2) is 10.2 Å². The third-order valence-electron chi connectivity index (χ3n) is 2.59. The molecule has 2 rings (SSSR count). The lowest BCUT2D eigenvalue weighted by Gasteiger charge is -2.03. The van der Waals surface area contributed by atoms with E-state index in [-0.39, 0.29) is 0 Å². The average Bonchev–Trinajstić information content (AvgIpc) is 2.88. The molecule has 0 aliphatic heterocycles. The van der Waals surface area contributed by atoms with Crippen molar-refractivity contribution in [2.24, 2.45) is 5.73 Å². The lowest BCUT2D eigenvalue weighted by molar-refractivity contribution is 1.10. The van der Waals surface area contributed by atoms with Gasteiger partial charge < -0.3 is 5.73 Å². The predicted octanol–water partition coefficient (Wildman–Crippen LogP) is 3.12. The number of nitrogens with two attached hydrogens (primary N) is 1. The summed E-state index contributed by atoms with van der Waals surface area (Å²) in [6.45, 7) is 3.71. The zero-order valence-corrected chi connectivity index (χ0v) is 10.0. The van der Waals surface area contributed by atoms with Gasteiger partial charge in [0.1, 0.15) is 0 Å². The Bertz CT molecular complexity index is 577. The van der Waals surface area contributed by atoms with Crippen molar-refractivity contribution >= 4 is 5.57 Å². The lowest BCUT2D eigenvalue weighted by Crippen LogP contribution is -1.86. The van der Waals surface area contributed by atoms with Crippen LogP contribution in [0.2, 0.25) is 0 Å². The van der Waals surface area contributed by atoms with Gasteiger partial charge in [-0.1, -0.05) is 49.1 Å². The number of H-pyrrole nitrogens is 1. The van der Waals surface area contributed by atoms with E-state index < -0.39 is 0 Å². The normalized spacial score (nSPS) is 11.9. The summed E-state index contributed by atoms with van der Waals surface area (Å²) in [5.41, 5.74) is 9.51. The molecule has 3 nitrogen and oxygen atoms in total. The molecule has 0 amide bonds. The van der Waals surface area contributed by atoms with Crippen LogP contribution in [0.15, 0.2) is 67.5 Å². The largest absolute Gasteiger partial charge is 0.405 e. The van der Waals surface area contributed by atoms with Crippen LogP contribution in [0.1, 0.15) is 5.56 Å². The van der Waals surface area contributed by atoms with Gasteiger partial charge in [-0.3, -0.25) is 5.10 Å². The first kappa shape index (κ1) is 11.9. The Morgan fingerprint density at radius 1 is 1.28 bits per heavy atom. The van der Waals surface area contributed by atoms with Crippen molar-refractivity contribution in [3.05, 3.63) is 73.1 Å². The second-order valence-electron chi connectivity index (χ2n) is 3.74. The number of nitrogens with one attached hydrogen (secondary N) is 1. The SMILES string of the molecule is C=C/C=C(\C=C/N)c1cn[nH]c1-c1ccccc1. The third-order valence-corrected chi connectivity index (χ3v) is 2.59. The maximum atomic E-state index is 5.47. The highest BCUT2D eigenvalue weighted by Crippen LogP contribution is 2.27. The third kappa shape index (κ3) is 2.40. The van der Waals surface area contributed by atoms with Crippen LogP contribution in [0, 0.1) is 0 Å². The molecule has 0 bridgehead atoms. The van der Waals surface area contributed by atoms with Gasteiger partial charge in [0.25, 0.3) is 0 Å². The van der Waals surface area contributed by atoms with Gasteiger partial charge in [-0.15, -0.1) is 0 Å². The van der Waals surface area contributed by atoms with Crippen LogP contribution >= 0.6 is 0 Å². The molecule has 0 atom stereocenters. The fraction of sp³-hybridized carbons (Fsp3) is 0. The lowest BCUT2D eigenvalue weighted by atomic mass is 10.0. The van der Waals surface area contributed by atoms with Crippen LogP contribution in [0.25, 0.3) is 16.8 Å². The quantitative estimate of drug-likeness (QED) is 0.803. The molecule has 0 saturated heterocycles. The molecule has 1 aromatic heterocycles. The van der Waals surface area contributed by atoms with Crippen molar-refractivity contribution in [3.8, 4) is 11.3 Å². The molecule has 0 saturated carbocycles. The number of allylic oxidation sites excluding steroid dienone is 4. The van der Waals surface area contributed by atoms with Gasteiger partial charge in [0, 0.05) is 11.1 Å². The monoisotopic (exact) mass is 237 g/mol. The van der Waals surface area contributed by atoms with Crippen LogP contribution in [0.4, 0.5) is 0 Å². The van der Waals surface area contributed by atoms with Gasteiger partial charge in [0.05, 0.1) is 11.9 Å². The predicted molar refractivity (Wildman–Crippen MR) is 75.5 cm³/mol. The van der Waals surface area contributed by atoms with E-state index in [0.29, 0.717) is 0 Å². The first-order chi connectivity index (χ1) is 8.86. The summed E-state index contributed by atoms with van der Waals surface area (Å²) in [7, 11) is 0. The van der Waals surface area contributed by atoms with Crippen LogP contribution in [0.3, 0.4) is 0 Å². The highest BCUT2D eigenvalue weighted by atomic mass is 15.1. The molecule has 0 aliphatic carbocycles. The first-order valence-corrected chi connectivity index (χ1v) is 5.67. The van der Waals surface area contributed by atoms with Gasteiger partial charge in [0.2, 0.25) is 0 Å². The number of nitrogens with zero attached hydrogens (tertiary/aromatic N) is 1. The molecule has 18 heavy (non-hydrogen) atoms. The smallest absolute Gasteiger partial charge is 0.0728 e. The van der Waals surface area contributed by atoms with E-state index in [4.69, 9.17) is 5.73 Å². The number of aromatic amines is 1. The van der Waals surface area contributed by atoms with E-state index in [0.717, 1.165) is 22.4 Å². The summed E-state index contributed by atoms with van der Waals surface area (Å²) in [6, 6.07) is 10.1.